The Bertz CT molecular complexity index is 1030. The minimum atomic E-state index is 0.881. The van der Waals surface area contributed by atoms with E-state index in [1.165, 1.54) is 86.3 Å². The van der Waals surface area contributed by atoms with Crippen molar-refractivity contribution in [3.8, 4) is 0 Å². The monoisotopic (exact) mass is 507 g/mol. The summed E-state index contributed by atoms with van der Waals surface area (Å²) in [7, 11) is 0. The minimum Gasteiger partial charge on any atom is -0.354 e. The minimum absolute atomic E-state index is 0.881. The summed E-state index contributed by atoms with van der Waals surface area (Å²) in [5.41, 5.74) is 3.75. The van der Waals surface area contributed by atoms with Gasteiger partial charge in [-0.2, -0.15) is 0 Å². The summed E-state index contributed by atoms with van der Waals surface area (Å²) in [6.45, 7) is 17.7. The van der Waals surface area contributed by atoms with Gasteiger partial charge < -0.3 is 19.6 Å². The van der Waals surface area contributed by atoms with Crippen molar-refractivity contribution >= 4 is 33.8 Å². The lowest BCUT2D eigenvalue weighted by Gasteiger charge is -2.35. The smallest absolute Gasteiger partial charge is 0.129 e. The van der Waals surface area contributed by atoms with E-state index in [1.54, 1.807) is 0 Å². The third kappa shape index (κ3) is 6.63. The zero-order valence-electron chi connectivity index (χ0n) is 22.6. The van der Waals surface area contributed by atoms with Crippen molar-refractivity contribution in [3.05, 3.63) is 35.4 Å². The van der Waals surface area contributed by atoms with Crippen LogP contribution in [0.4, 0.5) is 5.82 Å². The van der Waals surface area contributed by atoms with Crippen molar-refractivity contribution in [1.29, 1.82) is 0 Å². The first-order chi connectivity index (χ1) is 17.6. The van der Waals surface area contributed by atoms with Gasteiger partial charge in [0.25, 0.3) is 0 Å². The van der Waals surface area contributed by atoms with E-state index in [9.17, 15) is 0 Å². The second kappa shape index (κ2) is 12.3. The number of aromatic nitrogens is 1. The third-order valence-electron chi connectivity index (χ3n) is 8.63. The molecular weight excluding hydrogens is 462 g/mol. The van der Waals surface area contributed by atoms with Crippen LogP contribution in [0.2, 0.25) is 0 Å². The summed E-state index contributed by atoms with van der Waals surface area (Å²) in [4.78, 5) is 16.5. The summed E-state index contributed by atoms with van der Waals surface area (Å²) in [5, 5.41) is 1.27. The van der Waals surface area contributed by atoms with Crippen molar-refractivity contribution < 1.29 is 0 Å². The number of rotatable bonds is 10. The number of hydrogen-bond acceptors (Lipinski definition) is 6. The molecule has 0 spiro atoms. The molecule has 0 N–H and O–H groups in total. The van der Waals surface area contributed by atoms with Crippen molar-refractivity contribution in [2.24, 2.45) is 5.92 Å². The van der Waals surface area contributed by atoms with Gasteiger partial charge in [0.2, 0.25) is 0 Å². The molecule has 3 aliphatic heterocycles. The molecule has 36 heavy (non-hydrogen) atoms. The molecule has 3 saturated heterocycles. The van der Waals surface area contributed by atoms with E-state index in [-0.39, 0.29) is 0 Å². The number of thiocarbonyl (C=S) groups is 1. The number of nitrogens with zero attached hydrogens (tertiary/aromatic N) is 5. The van der Waals surface area contributed by atoms with E-state index >= 15 is 0 Å². The van der Waals surface area contributed by atoms with E-state index in [1.807, 2.05) is 0 Å². The number of aryl methyl sites for hydroxylation is 1. The summed E-state index contributed by atoms with van der Waals surface area (Å²) in [6.07, 6.45) is 7.33. The summed E-state index contributed by atoms with van der Waals surface area (Å²) in [6, 6.07) is 9.05. The van der Waals surface area contributed by atoms with Gasteiger partial charge in [-0.25, -0.2) is 4.98 Å². The van der Waals surface area contributed by atoms with Crippen LogP contribution in [-0.2, 0) is 6.42 Å². The first kappa shape index (κ1) is 26.0. The molecule has 3 aliphatic rings. The molecule has 2 aromatic rings. The zero-order valence-corrected chi connectivity index (χ0v) is 23.4. The molecule has 0 amide bonds. The molecule has 0 saturated carbocycles. The lowest BCUT2D eigenvalue weighted by Crippen LogP contribution is -2.46. The molecule has 3 fully saturated rings. The van der Waals surface area contributed by atoms with Gasteiger partial charge in [-0.1, -0.05) is 25.2 Å². The van der Waals surface area contributed by atoms with Crippen LogP contribution < -0.4 is 4.90 Å². The number of pyridine rings is 1. The SMILES string of the molecule is CCN1CCN(c2cc(C)c3cc(CC(=S)CCCN4CCC(CN5CCCC5)C4)ccc3n2)CC1. The van der Waals surface area contributed by atoms with Gasteiger partial charge in [0.15, 0.2) is 0 Å². The van der Waals surface area contributed by atoms with Crippen molar-refractivity contribution in [1.82, 2.24) is 19.7 Å². The fourth-order valence-electron chi connectivity index (χ4n) is 6.40. The van der Waals surface area contributed by atoms with Gasteiger partial charge in [-0.15, -0.1) is 0 Å². The maximum atomic E-state index is 5.82. The molecule has 1 atom stereocenters. The summed E-state index contributed by atoms with van der Waals surface area (Å²) < 4.78 is 0. The molecule has 6 heteroatoms. The standard InChI is InChI=1S/C30H45N5S/c1-3-32-15-17-35(18-16-32)30-19-24(2)28-21-25(8-9-29(28)31-30)20-27(36)7-6-13-34-14-10-26(23-34)22-33-11-4-5-12-33/h8-9,19,21,26H,3-7,10-18,20,22-23H2,1-2H3. The number of fused-ring (bicyclic) bond motifs is 1. The van der Waals surface area contributed by atoms with E-state index in [2.05, 4.69) is 57.7 Å². The van der Waals surface area contributed by atoms with Gasteiger partial charge in [0.1, 0.15) is 5.82 Å². The van der Waals surface area contributed by atoms with E-state index < -0.39 is 0 Å². The van der Waals surface area contributed by atoms with Gasteiger partial charge in [0, 0.05) is 51.1 Å². The van der Waals surface area contributed by atoms with E-state index in [0.717, 1.165) is 62.8 Å². The molecule has 5 nitrogen and oxygen atoms in total. The van der Waals surface area contributed by atoms with Gasteiger partial charge >= 0.3 is 0 Å². The van der Waals surface area contributed by atoms with E-state index in [4.69, 9.17) is 17.2 Å². The third-order valence-corrected chi connectivity index (χ3v) is 8.97. The average molecular weight is 508 g/mol. The number of likely N-dealkylation sites (tertiary alicyclic amines) is 2. The maximum absolute atomic E-state index is 5.82. The molecule has 0 aliphatic carbocycles. The van der Waals surface area contributed by atoms with Gasteiger partial charge in [-0.3, -0.25) is 0 Å². The Balaban J connectivity index is 1.09. The Morgan fingerprint density at radius 1 is 0.972 bits per heavy atom. The van der Waals surface area contributed by atoms with Crippen LogP contribution in [0.1, 0.15) is 50.2 Å². The second-order valence-electron chi connectivity index (χ2n) is 11.4. The zero-order chi connectivity index (χ0) is 24.9. The highest BCUT2D eigenvalue weighted by Crippen LogP contribution is 2.25. The van der Waals surface area contributed by atoms with Crippen molar-refractivity contribution in [2.45, 2.75) is 52.4 Å². The Hall–Kier alpha value is -1.60. The lowest BCUT2D eigenvalue weighted by atomic mass is 10.0. The van der Waals surface area contributed by atoms with Crippen LogP contribution >= 0.6 is 12.2 Å². The lowest BCUT2D eigenvalue weighted by molar-refractivity contribution is 0.263. The van der Waals surface area contributed by atoms with Crippen LogP contribution in [0.5, 0.6) is 0 Å². The largest absolute Gasteiger partial charge is 0.354 e. The predicted molar refractivity (Wildman–Crippen MR) is 157 cm³/mol. The Kier molecular flexibility index (Phi) is 8.89. The number of piperazine rings is 1. The highest BCUT2D eigenvalue weighted by Gasteiger charge is 2.25. The predicted octanol–water partition coefficient (Wildman–Crippen LogP) is 4.80. The molecule has 1 unspecified atom stereocenters. The summed E-state index contributed by atoms with van der Waals surface area (Å²) in [5.74, 6) is 2.01. The van der Waals surface area contributed by atoms with Crippen LogP contribution in [0, 0.1) is 12.8 Å². The molecule has 5 rings (SSSR count). The molecule has 1 aromatic carbocycles. The maximum Gasteiger partial charge on any atom is 0.129 e. The van der Waals surface area contributed by atoms with Crippen LogP contribution in [-0.4, -0.2) is 96.5 Å². The molecule has 4 heterocycles. The average Bonchev–Trinajstić information content (AvgIpc) is 3.57. The highest BCUT2D eigenvalue weighted by molar-refractivity contribution is 7.80. The fourth-order valence-corrected chi connectivity index (χ4v) is 6.71. The first-order valence-corrected chi connectivity index (χ1v) is 14.8. The topological polar surface area (TPSA) is 25.9 Å². The Labute approximate surface area is 223 Å². The second-order valence-corrected chi connectivity index (χ2v) is 11.9. The quantitative estimate of drug-likeness (QED) is 0.429. The number of hydrogen-bond donors (Lipinski definition) is 0. The number of anilines is 1. The molecule has 0 radical (unpaired) electrons. The fraction of sp³-hybridized carbons (Fsp3) is 0.667. The van der Waals surface area contributed by atoms with Crippen LogP contribution in [0.25, 0.3) is 10.9 Å². The molecule has 1 aromatic heterocycles. The first-order valence-electron chi connectivity index (χ1n) is 14.4. The molecule has 0 bridgehead atoms. The number of benzene rings is 1. The van der Waals surface area contributed by atoms with Gasteiger partial charge in [-0.05, 0) is 112 Å². The van der Waals surface area contributed by atoms with Gasteiger partial charge in [0.05, 0.1) is 5.52 Å². The Morgan fingerprint density at radius 3 is 2.56 bits per heavy atom. The Morgan fingerprint density at radius 2 is 1.78 bits per heavy atom. The molecule has 196 valence electrons. The van der Waals surface area contributed by atoms with Crippen molar-refractivity contribution in [2.75, 3.05) is 76.9 Å². The summed E-state index contributed by atoms with van der Waals surface area (Å²) >= 11 is 5.82. The van der Waals surface area contributed by atoms with Crippen LogP contribution in [0.15, 0.2) is 24.3 Å². The van der Waals surface area contributed by atoms with E-state index in [0.29, 0.717) is 0 Å². The van der Waals surface area contributed by atoms with Crippen molar-refractivity contribution in [3.63, 3.8) is 0 Å². The van der Waals surface area contributed by atoms with Crippen LogP contribution in [0.3, 0.4) is 0 Å². The normalized spacial score (nSPS) is 22.2. The highest BCUT2D eigenvalue weighted by atomic mass is 32.1. The number of likely N-dealkylation sites (N-methyl/N-ethyl adjacent to an activating group) is 1. The molecular formula is C30H45N5S.